The molecule has 2 nitrogen and oxygen atoms in total. The van der Waals surface area contributed by atoms with Gasteiger partial charge in [-0.3, -0.25) is 0 Å². The lowest BCUT2D eigenvalue weighted by Gasteiger charge is -2.23. The Kier molecular flexibility index (Phi) is 4.19. The summed E-state index contributed by atoms with van der Waals surface area (Å²) in [6.45, 7) is 3.57. The molecule has 0 spiro atoms. The SMILES string of the molecule is OC(CCN(CC1CC1)CC1CC1)c1ccccc1. The first-order chi connectivity index (χ1) is 9.31. The molecule has 1 atom stereocenters. The highest BCUT2D eigenvalue weighted by molar-refractivity contribution is 5.17. The molecule has 1 unspecified atom stereocenters. The van der Waals surface area contributed by atoms with E-state index in [1.807, 2.05) is 30.3 Å². The van der Waals surface area contributed by atoms with Gasteiger partial charge in [-0.05, 0) is 49.5 Å². The quantitative estimate of drug-likeness (QED) is 0.775. The second-order valence-electron chi connectivity index (χ2n) is 6.36. The summed E-state index contributed by atoms with van der Waals surface area (Å²) in [6.07, 6.45) is 6.24. The Balaban J connectivity index is 1.47. The van der Waals surface area contributed by atoms with Gasteiger partial charge in [-0.15, -0.1) is 0 Å². The monoisotopic (exact) mass is 259 g/mol. The van der Waals surface area contributed by atoms with Crippen LogP contribution in [-0.4, -0.2) is 29.6 Å². The molecular weight excluding hydrogens is 234 g/mol. The zero-order chi connectivity index (χ0) is 13.1. The molecule has 2 aliphatic rings. The number of nitrogens with zero attached hydrogens (tertiary/aromatic N) is 1. The molecule has 0 aromatic heterocycles. The summed E-state index contributed by atoms with van der Waals surface area (Å²) in [6, 6.07) is 10.1. The minimum absolute atomic E-state index is 0.304. The van der Waals surface area contributed by atoms with E-state index < -0.39 is 0 Å². The lowest BCUT2D eigenvalue weighted by Crippen LogP contribution is -2.30. The third-order valence-corrected chi connectivity index (χ3v) is 4.33. The predicted molar refractivity (Wildman–Crippen MR) is 77.9 cm³/mol. The topological polar surface area (TPSA) is 23.5 Å². The molecule has 0 radical (unpaired) electrons. The Bertz CT molecular complexity index is 370. The van der Waals surface area contributed by atoms with Crippen molar-refractivity contribution in [3.8, 4) is 0 Å². The minimum Gasteiger partial charge on any atom is -0.388 e. The van der Waals surface area contributed by atoms with E-state index >= 15 is 0 Å². The maximum Gasteiger partial charge on any atom is 0.0802 e. The van der Waals surface area contributed by atoms with Crippen molar-refractivity contribution in [3.63, 3.8) is 0 Å². The molecule has 0 amide bonds. The molecule has 19 heavy (non-hydrogen) atoms. The van der Waals surface area contributed by atoms with Gasteiger partial charge in [-0.2, -0.15) is 0 Å². The Morgan fingerprint density at radius 3 is 2.11 bits per heavy atom. The number of aliphatic hydroxyl groups excluding tert-OH is 1. The van der Waals surface area contributed by atoms with Crippen LogP contribution in [0.5, 0.6) is 0 Å². The Labute approximate surface area is 116 Å². The molecule has 1 aromatic carbocycles. The van der Waals surface area contributed by atoms with Crippen molar-refractivity contribution in [2.45, 2.75) is 38.2 Å². The summed E-state index contributed by atoms with van der Waals surface area (Å²) in [4.78, 5) is 2.60. The van der Waals surface area contributed by atoms with Gasteiger partial charge in [0.25, 0.3) is 0 Å². The first-order valence-electron chi connectivity index (χ1n) is 7.76. The van der Waals surface area contributed by atoms with Crippen LogP contribution in [0.25, 0.3) is 0 Å². The molecule has 1 N–H and O–H groups in total. The van der Waals surface area contributed by atoms with Crippen LogP contribution in [0.2, 0.25) is 0 Å². The van der Waals surface area contributed by atoms with Crippen molar-refractivity contribution in [3.05, 3.63) is 35.9 Å². The first kappa shape index (κ1) is 13.1. The highest BCUT2D eigenvalue weighted by atomic mass is 16.3. The van der Waals surface area contributed by atoms with Gasteiger partial charge in [0.05, 0.1) is 6.10 Å². The smallest absolute Gasteiger partial charge is 0.0802 e. The van der Waals surface area contributed by atoms with Crippen LogP contribution in [0.3, 0.4) is 0 Å². The third kappa shape index (κ3) is 4.32. The zero-order valence-electron chi connectivity index (χ0n) is 11.7. The van der Waals surface area contributed by atoms with Gasteiger partial charge in [0.15, 0.2) is 0 Å². The molecule has 0 bridgehead atoms. The van der Waals surface area contributed by atoms with Crippen LogP contribution in [0.15, 0.2) is 30.3 Å². The maximum atomic E-state index is 10.2. The van der Waals surface area contributed by atoms with Gasteiger partial charge in [0.2, 0.25) is 0 Å². The summed E-state index contributed by atoms with van der Waals surface area (Å²) in [5.74, 6) is 1.90. The van der Waals surface area contributed by atoms with Crippen molar-refractivity contribution < 1.29 is 5.11 Å². The van der Waals surface area contributed by atoms with E-state index in [2.05, 4.69) is 4.90 Å². The molecule has 3 rings (SSSR count). The molecule has 2 aliphatic carbocycles. The van der Waals surface area contributed by atoms with Crippen LogP contribution in [0, 0.1) is 11.8 Å². The molecule has 2 heteroatoms. The molecule has 0 heterocycles. The Hall–Kier alpha value is -0.860. The number of hydrogen-bond acceptors (Lipinski definition) is 2. The number of hydrogen-bond donors (Lipinski definition) is 1. The first-order valence-corrected chi connectivity index (χ1v) is 7.76. The number of benzene rings is 1. The van der Waals surface area contributed by atoms with E-state index in [9.17, 15) is 5.11 Å². The van der Waals surface area contributed by atoms with Gasteiger partial charge < -0.3 is 10.0 Å². The van der Waals surface area contributed by atoms with Crippen LogP contribution in [0.4, 0.5) is 0 Å². The highest BCUT2D eigenvalue weighted by Gasteiger charge is 2.29. The van der Waals surface area contributed by atoms with Crippen molar-refractivity contribution in [2.24, 2.45) is 11.8 Å². The molecule has 0 saturated heterocycles. The second kappa shape index (κ2) is 6.06. The van der Waals surface area contributed by atoms with E-state index in [1.165, 1.54) is 38.8 Å². The normalized spacial score (nSPS) is 20.7. The fraction of sp³-hybridized carbons (Fsp3) is 0.647. The fourth-order valence-electron chi connectivity index (χ4n) is 2.73. The molecule has 1 aromatic rings. The predicted octanol–water partition coefficient (Wildman–Crippen LogP) is 3.23. The largest absolute Gasteiger partial charge is 0.388 e. The van der Waals surface area contributed by atoms with E-state index in [4.69, 9.17) is 0 Å². The molecular formula is C17H25NO. The van der Waals surface area contributed by atoms with Gasteiger partial charge in [0.1, 0.15) is 0 Å². The van der Waals surface area contributed by atoms with Crippen molar-refractivity contribution in [1.29, 1.82) is 0 Å². The summed E-state index contributed by atoms with van der Waals surface area (Å²) in [7, 11) is 0. The Morgan fingerprint density at radius 1 is 1.00 bits per heavy atom. The van der Waals surface area contributed by atoms with Gasteiger partial charge in [-0.25, -0.2) is 0 Å². The van der Waals surface area contributed by atoms with Crippen LogP contribution < -0.4 is 0 Å². The highest BCUT2D eigenvalue weighted by Crippen LogP contribution is 2.34. The standard InChI is InChI=1S/C17H25NO/c19-17(16-4-2-1-3-5-16)10-11-18(12-14-6-7-14)13-15-8-9-15/h1-5,14-15,17,19H,6-13H2. The lowest BCUT2D eigenvalue weighted by atomic mass is 10.1. The van der Waals surface area contributed by atoms with E-state index in [-0.39, 0.29) is 6.10 Å². The van der Waals surface area contributed by atoms with Gasteiger partial charge in [0, 0.05) is 19.6 Å². The molecule has 2 saturated carbocycles. The van der Waals surface area contributed by atoms with Crippen molar-refractivity contribution in [2.75, 3.05) is 19.6 Å². The summed E-state index contributed by atoms with van der Waals surface area (Å²) >= 11 is 0. The summed E-state index contributed by atoms with van der Waals surface area (Å²) in [5, 5.41) is 10.2. The molecule has 0 aliphatic heterocycles. The molecule has 104 valence electrons. The lowest BCUT2D eigenvalue weighted by molar-refractivity contribution is 0.138. The van der Waals surface area contributed by atoms with Gasteiger partial charge in [-0.1, -0.05) is 30.3 Å². The van der Waals surface area contributed by atoms with E-state index in [0.29, 0.717) is 0 Å². The van der Waals surface area contributed by atoms with Crippen LogP contribution in [0.1, 0.15) is 43.8 Å². The van der Waals surface area contributed by atoms with E-state index in [1.54, 1.807) is 0 Å². The van der Waals surface area contributed by atoms with Crippen LogP contribution in [-0.2, 0) is 0 Å². The summed E-state index contributed by atoms with van der Waals surface area (Å²) in [5.41, 5.74) is 1.06. The summed E-state index contributed by atoms with van der Waals surface area (Å²) < 4.78 is 0. The average Bonchev–Trinajstić information content (AvgIpc) is 3.32. The second-order valence-corrected chi connectivity index (χ2v) is 6.36. The number of aliphatic hydroxyl groups is 1. The van der Waals surface area contributed by atoms with E-state index in [0.717, 1.165) is 30.4 Å². The average molecular weight is 259 g/mol. The number of rotatable bonds is 8. The minimum atomic E-state index is -0.304. The fourth-order valence-corrected chi connectivity index (χ4v) is 2.73. The molecule has 2 fully saturated rings. The van der Waals surface area contributed by atoms with Gasteiger partial charge >= 0.3 is 0 Å². The third-order valence-electron chi connectivity index (χ3n) is 4.33. The maximum absolute atomic E-state index is 10.2. The zero-order valence-corrected chi connectivity index (χ0v) is 11.7. The van der Waals surface area contributed by atoms with Crippen molar-refractivity contribution >= 4 is 0 Å². The van der Waals surface area contributed by atoms with Crippen molar-refractivity contribution in [1.82, 2.24) is 4.90 Å². The Morgan fingerprint density at radius 2 is 1.58 bits per heavy atom. The van der Waals surface area contributed by atoms with Crippen LogP contribution >= 0.6 is 0 Å².